The Labute approximate surface area is 120 Å². The van der Waals surface area contributed by atoms with Gasteiger partial charge >= 0.3 is 0 Å². The Balaban J connectivity index is 2.11. The van der Waals surface area contributed by atoms with E-state index >= 15 is 0 Å². The first-order valence-corrected chi connectivity index (χ1v) is 6.60. The number of rotatable bonds is 4. The molecule has 0 fully saturated rings. The number of halogens is 1. The van der Waals surface area contributed by atoms with Crippen LogP contribution in [0.2, 0.25) is 0 Å². The summed E-state index contributed by atoms with van der Waals surface area (Å²) >= 11 is 3.35. The highest BCUT2D eigenvalue weighted by Crippen LogP contribution is 2.15. The van der Waals surface area contributed by atoms with Gasteiger partial charge in [-0.1, -0.05) is 46.3 Å². The molecule has 0 N–H and O–H groups in total. The molecule has 0 unspecified atom stereocenters. The monoisotopic (exact) mass is 316 g/mol. The van der Waals surface area contributed by atoms with E-state index in [0.29, 0.717) is 5.56 Å². The Kier molecular flexibility index (Phi) is 4.53. The van der Waals surface area contributed by atoms with E-state index in [4.69, 9.17) is 4.74 Å². The smallest absolute Gasteiger partial charge is 0.185 e. The Morgan fingerprint density at radius 2 is 1.89 bits per heavy atom. The third-order valence-corrected chi connectivity index (χ3v) is 3.15. The van der Waals surface area contributed by atoms with Gasteiger partial charge in [0.05, 0.1) is 7.11 Å². The first-order chi connectivity index (χ1) is 9.19. The SMILES string of the molecule is COc1ccc(C=CC(=O)c2cccc(Br)c2)cc1. The Morgan fingerprint density at radius 1 is 1.16 bits per heavy atom. The predicted octanol–water partition coefficient (Wildman–Crippen LogP) is 4.35. The zero-order chi connectivity index (χ0) is 13.7. The van der Waals surface area contributed by atoms with E-state index in [-0.39, 0.29) is 5.78 Å². The summed E-state index contributed by atoms with van der Waals surface area (Å²) in [6, 6.07) is 14.9. The van der Waals surface area contributed by atoms with Crippen molar-refractivity contribution in [2.45, 2.75) is 0 Å². The average molecular weight is 317 g/mol. The first-order valence-electron chi connectivity index (χ1n) is 5.81. The van der Waals surface area contributed by atoms with Gasteiger partial charge < -0.3 is 4.74 Å². The molecule has 96 valence electrons. The number of hydrogen-bond acceptors (Lipinski definition) is 2. The molecule has 3 heteroatoms. The number of carbonyl (C=O) groups excluding carboxylic acids is 1. The zero-order valence-electron chi connectivity index (χ0n) is 10.5. The topological polar surface area (TPSA) is 26.3 Å². The third-order valence-electron chi connectivity index (χ3n) is 2.65. The van der Waals surface area contributed by atoms with Gasteiger partial charge in [0.15, 0.2) is 5.78 Å². The van der Waals surface area contributed by atoms with Gasteiger partial charge in [-0.15, -0.1) is 0 Å². The second kappa shape index (κ2) is 6.34. The highest BCUT2D eigenvalue weighted by atomic mass is 79.9. The van der Waals surface area contributed by atoms with E-state index in [2.05, 4.69) is 15.9 Å². The van der Waals surface area contributed by atoms with Gasteiger partial charge in [-0.25, -0.2) is 0 Å². The minimum absolute atomic E-state index is 0.0166. The van der Waals surface area contributed by atoms with Crippen molar-refractivity contribution in [1.82, 2.24) is 0 Å². The van der Waals surface area contributed by atoms with E-state index < -0.39 is 0 Å². The van der Waals surface area contributed by atoms with Crippen molar-refractivity contribution in [3.05, 3.63) is 70.2 Å². The highest BCUT2D eigenvalue weighted by Gasteiger charge is 2.01. The van der Waals surface area contributed by atoms with Crippen LogP contribution in [0, 0.1) is 0 Å². The molecule has 2 nitrogen and oxygen atoms in total. The molecule has 0 aromatic heterocycles. The van der Waals surface area contributed by atoms with Crippen molar-refractivity contribution in [3.8, 4) is 5.75 Å². The standard InChI is InChI=1S/C16H13BrO2/c1-19-15-8-5-12(6-9-15)7-10-16(18)13-3-2-4-14(17)11-13/h2-11H,1H3. The van der Waals surface area contributed by atoms with Crippen LogP contribution in [0.5, 0.6) is 5.75 Å². The lowest BCUT2D eigenvalue weighted by Gasteiger charge is -1.99. The summed E-state index contributed by atoms with van der Waals surface area (Å²) in [5, 5.41) is 0. The molecule has 0 bridgehead atoms. The molecule has 0 saturated carbocycles. The summed E-state index contributed by atoms with van der Waals surface area (Å²) < 4.78 is 5.98. The Morgan fingerprint density at radius 3 is 2.53 bits per heavy atom. The first kappa shape index (κ1) is 13.6. The van der Waals surface area contributed by atoms with Crippen LogP contribution in [0.3, 0.4) is 0 Å². The second-order valence-corrected chi connectivity index (χ2v) is 4.90. The lowest BCUT2D eigenvalue weighted by molar-refractivity contribution is 0.104. The van der Waals surface area contributed by atoms with Crippen LogP contribution in [0.4, 0.5) is 0 Å². The summed E-state index contributed by atoms with van der Waals surface area (Å²) in [5.74, 6) is 0.785. The molecule has 0 spiro atoms. The molecule has 0 heterocycles. The number of ketones is 1. The maximum Gasteiger partial charge on any atom is 0.185 e. The summed E-state index contributed by atoms with van der Waals surface area (Å²) in [4.78, 5) is 12.0. The minimum atomic E-state index is -0.0166. The van der Waals surface area contributed by atoms with Crippen LogP contribution in [-0.4, -0.2) is 12.9 Å². The molecule has 2 aromatic rings. The van der Waals surface area contributed by atoms with Crippen LogP contribution in [0.1, 0.15) is 15.9 Å². The molecule has 0 amide bonds. The number of allylic oxidation sites excluding steroid dienone is 1. The molecular formula is C16H13BrO2. The molecule has 2 aromatic carbocycles. The largest absolute Gasteiger partial charge is 0.497 e. The fourth-order valence-corrected chi connectivity index (χ4v) is 2.02. The summed E-state index contributed by atoms with van der Waals surface area (Å²) in [5.41, 5.74) is 1.63. The number of carbonyl (C=O) groups is 1. The number of methoxy groups -OCH3 is 1. The van der Waals surface area contributed by atoms with E-state index in [9.17, 15) is 4.79 Å². The molecule has 0 aliphatic heterocycles. The minimum Gasteiger partial charge on any atom is -0.497 e. The lowest BCUT2D eigenvalue weighted by Crippen LogP contribution is -1.93. The van der Waals surface area contributed by atoms with Crippen LogP contribution in [-0.2, 0) is 0 Å². The molecule has 0 radical (unpaired) electrons. The summed E-state index contributed by atoms with van der Waals surface area (Å²) in [6.07, 6.45) is 3.37. The van der Waals surface area contributed by atoms with Crippen molar-refractivity contribution >= 4 is 27.8 Å². The van der Waals surface area contributed by atoms with E-state index in [0.717, 1.165) is 15.8 Å². The van der Waals surface area contributed by atoms with Crippen molar-refractivity contribution in [1.29, 1.82) is 0 Å². The van der Waals surface area contributed by atoms with Gasteiger partial charge in [-0.2, -0.15) is 0 Å². The third kappa shape index (κ3) is 3.80. The average Bonchev–Trinajstić information content (AvgIpc) is 2.45. The van der Waals surface area contributed by atoms with Crippen LogP contribution in [0.15, 0.2) is 59.1 Å². The normalized spacial score (nSPS) is 10.6. The van der Waals surface area contributed by atoms with E-state index in [1.165, 1.54) is 0 Å². The summed E-state index contributed by atoms with van der Waals surface area (Å²) in [7, 11) is 1.63. The molecule has 0 aliphatic rings. The Hall–Kier alpha value is -1.87. The van der Waals surface area contributed by atoms with Crippen molar-refractivity contribution in [3.63, 3.8) is 0 Å². The van der Waals surface area contributed by atoms with Crippen molar-refractivity contribution in [2.75, 3.05) is 7.11 Å². The van der Waals surface area contributed by atoms with E-state index in [1.807, 2.05) is 36.4 Å². The number of ether oxygens (including phenoxy) is 1. The lowest BCUT2D eigenvalue weighted by atomic mass is 10.1. The van der Waals surface area contributed by atoms with Gasteiger partial charge in [0, 0.05) is 10.0 Å². The molecule has 19 heavy (non-hydrogen) atoms. The predicted molar refractivity (Wildman–Crippen MR) is 80.5 cm³/mol. The van der Waals surface area contributed by atoms with Crippen molar-refractivity contribution in [2.24, 2.45) is 0 Å². The second-order valence-electron chi connectivity index (χ2n) is 3.98. The molecule has 0 atom stereocenters. The van der Waals surface area contributed by atoms with Crippen molar-refractivity contribution < 1.29 is 9.53 Å². The van der Waals surface area contributed by atoms with Gasteiger partial charge in [-0.3, -0.25) is 4.79 Å². The maximum absolute atomic E-state index is 12.0. The van der Waals surface area contributed by atoms with E-state index in [1.54, 1.807) is 31.4 Å². The fraction of sp³-hybridized carbons (Fsp3) is 0.0625. The molecule has 2 rings (SSSR count). The van der Waals surface area contributed by atoms with Gasteiger partial charge in [0.2, 0.25) is 0 Å². The van der Waals surface area contributed by atoms with Gasteiger partial charge in [0.25, 0.3) is 0 Å². The number of benzene rings is 2. The molecular weight excluding hydrogens is 304 g/mol. The highest BCUT2D eigenvalue weighted by molar-refractivity contribution is 9.10. The quantitative estimate of drug-likeness (QED) is 0.619. The maximum atomic E-state index is 12.0. The molecule has 0 aliphatic carbocycles. The van der Waals surface area contributed by atoms with Crippen LogP contribution in [0.25, 0.3) is 6.08 Å². The fourth-order valence-electron chi connectivity index (χ4n) is 1.62. The van der Waals surface area contributed by atoms with Crippen LogP contribution >= 0.6 is 15.9 Å². The number of hydrogen-bond donors (Lipinski definition) is 0. The van der Waals surface area contributed by atoms with Gasteiger partial charge in [-0.05, 0) is 35.9 Å². The summed E-state index contributed by atoms with van der Waals surface area (Å²) in [6.45, 7) is 0. The zero-order valence-corrected chi connectivity index (χ0v) is 12.1. The van der Waals surface area contributed by atoms with Crippen LogP contribution < -0.4 is 4.74 Å². The molecule has 0 saturated heterocycles. The van der Waals surface area contributed by atoms with Gasteiger partial charge in [0.1, 0.15) is 5.75 Å². The Bertz CT molecular complexity index is 600.